The van der Waals surface area contributed by atoms with Gasteiger partial charge >= 0.3 is 0 Å². The predicted molar refractivity (Wildman–Crippen MR) is 71.8 cm³/mol. The molecule has 1 fully saturated rings. The Morgan fingerprint density at radius 3 is 2.89 bits per heavy atom. The fourth-order valence-electron chi connectivity index (χ4n) is 2.69. The van der Waals surface area contributed by atoms with E-state index >= 15 is 0 Å². The zero-order valence-electron chi connectivity index (χ0n) is 10.6. The molecule has 0 amide bonds. The fraction of sp³-hybridized carbons (Fsp3) is 0.429. The van der Waals surface area contributed by atoms with E-state index < -0.39 is 0 Å². The van der Waals surface area contributed by atoms with Crippen LogP contribution in [0.2, 0.25) is 0 Å². The van der Waals surface area contributed by atoms with Gasteiger partial charge in [0.2, 0.25) is 0 Å². The van der Waals surface area contributed by atoms with E-state index in [0.717, 1.165) is 17.3 Å². The van der Waals surface area contributed by atoms with Crippen molar-refractivity contribution >= 4 is 5.69 Å². The lowest BCUT2D eigenvalue weighted by Gasteiger charge is -2.20. The molecule has 1 aliphatic carbocycles. The van der Waals surface area contributed by atoms with Crippen molar-refractivity contribution in [2.24, 2.45) is 5.92 Å². The van der Waals surface area contributed by atoms with Crippen molar-refractivity contribution in [2.75, 3.05) is 5.32 Å². The van der Waals surface area contributed by atoms with Crippen LogP contribution in [-0.4, -0.2) is 20.8 Å². The van der Waals surface area contributed by atoms with Crippen LogP contribution in [0.25, 0.3) is 5.69 Å². The summed E-state index contributed by atoms with van der Waals surface area (Å²) in [5, 5.41) is 7.87. The molecule has 0 bridgehead atoms. The summed E-state index contributed by atoms with van der Waals surface area (Å²) in [6.45, 7) is 2.32. The van der Waals surface area contributed by atoms with Crippen LogP contribution in [0.3, 0.4) is 0 Å². The monoisotopic (exact) mass is 242 g/mol. The van der Waals surface area contributed by atoms with Crippen LogP contribution in [-0.2, 0) is 0 Å². The molecule has 1 saturated carbocycles. The van der Waals surface area contributed by atoms with Crippen molar-refractivity contribution in [3.05, 3.63) is 36.9 Å². The number of nitrogens with one attached hydrogen (secondary N) is 1. The Balaban J connectivity index is 1.88. The molecule has 1 heterocycles. The van der Waals surface area contributed by atoms with Gasteiger partial charge < -0.3 is 5.32 Å². The van der Waals surface area contributed by atoms with Gasteiger partial charge in [-0.3, -0.25) is 0 Å². The Bertz CT molecular complexity index is 506. The third-order valence-electron chi connectivity index (χ3n) is 3.77. The van der Waals surface area contributed by atoms with Crippen molar-refractivity contribution in [1.82, 2.24) is 14.8 Å². The minimum Gasteiger partial charge on any atom is -0.380 e. The number of nitrogens with zero attached hydrogens (tertiary/aromatic N) is 3. The standard InChI is InChI=1S/C14H18N4/c1-11-5-4-7-12(11)17-13-6-2-3-8-14(13)18-10-15-9-16-18/h2-3,6,8-12,17H,4-5,7H2,1H3. The summed E-state index contributed by atoms with van der Waals surface area (Å²) in [6, 6.07) is 8.84. The van der Waals surface area contributed by atoms with Crippen LogP contribution in [0.5, 0.6) is 0 Å². The molecule has 3 rings (SSSR count). The molecule has 0 radical (unpaired) electrons. The molecule has 4 nitrogen and oxygen atoms in total. The molecule has 2 unspecified atom stereocenters. The normalized spacial score (nSPS) is 23.2. The second-order valence-corrected chi connectivity index (χ2v) is 5.02. The molecule has 4 heteroatoms. The van der Waals surface area contributed by atoms with Gasteiger partial charge in [0, 0.05) is 6.04 Å². The molecule has 1 aromatic carbocycles. The first-order chi connectivity index (χ1) is 8.84. The molecule has 1 aromatic heterocycles. The maximum atomic E-state index is 4.21. The summed E-state index contributed by atoms with van der Waals surface area (Å²) < 4.78 is 1.81. The van der Waals surface area contributed by atoms with E-state index in [9.17, 15) is 0 Å². The molecule has 2 aromatic rings. The zero-order chi connectivity index (χ0) is 12.4. The van der Waals surface area contributed by atoms with E-state index in [2.05, 4.69) is 40.5 Å². The first-order valence-electron chi connectivity index (χ1n) is 6.55. The van der Waals surface area contributed by atoms with Gasteiger partial charge in [-0.1, -0.05) is 25.5 Å². The molecule has 1 N–H and O–H groups in total. The van der Waals surface area contributed by atoms with Crippen LogP contribution < -0.4 is 5.32 Å². The summed E-state index contributed by atoms with van der Waals surface area (Å²) in [5.74, 6) is 0.744. The number of benzene rings is 1. The lowest BCUT2D eigenvalue weighted by Crippen LogP contribution is -2.22. The smallest absolute Gasteiger partial charge is 0.138 e. The lowest BCUT2D eigenvalue weighted by atomic mass is 10.1. The van der Waals surface area contributed by atoms with E-state index in [4.69, 9.17) is 0 Å². The first-order valence-corrected chi connectivity index (χ1v) is 6.55. The van der Waals surface area contributed by atoms with E-state index in [1.165, 1.54) is 19.3 Å². The molecule has 18 heavy (non-hydrogen) atoms. The molecule has 1 aliphatic rings. The van der Waals surface area contributed by atoms with E-state index in [0.29, 0.717) is 6.04 Å². The number of aromatic nitrogens is 3. The van der Waals surface area contributed by atoms with E-state index in [1.807, 2.05) is 10.7 Å². The molecule has 0 spiro atoms. The Morgan fingerprint density at radius 2 is 2.17 bits per heavy atom. The molecule has 0 aliphatic heterocycles. The Hall–Kier alpha value is -1.84. The number of hydrogen-bond acceptors (Lipinski definition) is 3. The summed E-state index contributed by atoms with van der Waals surface area (Å²) in [5.41, 5.74) is 2.20. The van der Waals surface area contributed by atoms with E-state index in [-0.39, 0.29) is 0 Å². The highest BCUT2D eigenvalue weighted by Crippen LogP contribution is 2.29. The maximum absolute atomic E-state index is 4.21. The van der Waals surface area contributed by atoms with Gasteiger partial charge in [0.15, 0.2) is 0 Å². The van der Waals surface area contributed by atoms with Gasteiger partial charge in [0.25, 0.3) is 0 Å². The van der Waals surface area contributed by atoms with Crippen LogP contribution in [0.4, 0.5) is 5.69 Å². The van der Waals surface area contributed by atoms with E-state index in [1.54, 1.807) is 12.7 Å². The second kappa shape index (κ2) is 4.80. The quantitative estimate of drug-likeness (QED) is 0.900. The average Bonchev–Trinajstić information content (AvgIpc) is 3.03. The van der Waals surface area contributed by atoms with Crippen LogP contribution in [0, 0.1) is 5.92 Å². The number of anilines is 1. The van der Waals surface area contributed by atoms with Gasteiger partial charge in [-0.2, -0.15) is 5.10 Å². The Kier molecular flexibility index (Phi) is 3.00. The Morgan fingerprint density at radius 1 is 1.28 bits per heavy atom. The van der Waals surface area contributed by atoms with Crippen molar-refractivity contribution < 1.29 is 0 Å². The lowest BCUT2D eigenvalue weighted by molar-refractivity contribution is 0.556. The highest BCUT2D eigenvalue weighted by Gasteiger charge is 2.23. The fourth-order valence-corrected chi connectivity index (χ4v) is 2.69. The average molecular weight is 242 g/mol. The molecule has 0 saturated heterocycles. The number of hydrogen-bond donors (Lipinski definition) is 1. The zero-order valence-corrected chi connectivity index (χ0v) is 10.6. The minimum absolute atomic E-state index is 0.578. The highest BCUT2D eigenvalue weighted by atomic mass is 15.3. The summed E-state index contributed by atoms with van der Waals surface area (Å²) in [7, 11) is 0. The van der Waals surface area contributed by atoms with Gasteiger partial charge in [-0.15, -0.1) is 0 Å². The number of para-hydroxylation sites is 2. The highest BCUT2D eigenvalue weighted by molar-refractivity contribution is 5.61. The van der Waals surface area contributed by atoms with Crippen molar-refractivity contribution in [3.63, 3.8) is 0 Å². The third kappa shape index (κ3) is 2.10. The molecule has 2 atom stereocenters. The summed E-state index contributed by atoms with van der Waals surface area (Å²) in [4.78, 5) is 4.01. The maximum Gasteiger partial charge on any atom is 0.138 e. The van der Waals surface area contributed by atoms with Crippen LogP contribution in [0.1, 0.15) is 26.2 Å². The van der Waals surface area contributed by atoms with Crippen molar-refractivity contribution in [2.45, 2.75) is 32.2 Å². The second-order valence-electron chi connectivity index (χ2n) is 5.02. The molecular weight excluding hydrogens is 224 g/mol. The van der Waals surface area contributed by atoms with Crippen LogP contribution >= 0.6 is 0 Å². The van der Waals surface area contributed by atoms with Gasteiger partial charge in [-0.05, 0) is 30.9 Å². The SMILES string of the molecule is CC1CCCC1Nc1ccccc1-n1cncn1. The molecular formula is C14H18N4. The largest absolute Gasteiger partial charge is 0.380 e. The first kappa shape index (κ1) is 11.3. The molecule has 94 valence electrons. The summed E-state index contributed by atoms with van der Waals surface area (Å²) >= 11 is 0. The Labute approximate surface area is 107 Å². The van der Waals surface area contributed by atoms with Gasteiger partial charge in [-0.25, -0.2) is 9.67 Å². The predicted octanol–water partition coefficient (Wildman–Crippen LogP) is 2.87. The summed E-state index contributed by atoms with van der Waals surface area (Å²) in [6.07, 6.45) is 7.20. The topological polar surface area (TPSA) is 42.7 Å². The third-order valence-corrected chi connectivity index (χ3v) is 3.77. The van der Waals surface area contributed by atoms with Gasteiger partial charge in [0.1, 0.15) is 12.7 Å². The number of rotatable bonds is 3. The van der Waals surface area contributed by atoms with Crippen LogP contribution in [0.15, 0.2) is 36.9 Å². The van der Waals surface area contributed by atoms with Crippen molar-refractivity contribution in [3.8, 4) is 5.69 Å². The van der Waals surface area contributed by atoms with Crippen molar-refractivity contribution in [1.29, 1.82) is 0 Å². The minimum atomic E-state index is 0.578. The van der Waals surface area contributed by atoms with Gasteiger partial charge in [0.05, 0.1) is 11.4 Å².